The van der Waals surface area contributed by atoms with E-state index in [1.807, 2.05) is 0 Å². The minimum atomic E-state index is -0.432. The highest BCUT2D eigenvalue weighted by Gasteiger charge is 2.65. The number of hydrogen-bond donors (Lipinski definition) is 3. The van der Waals surface area contributed by atoms with Gasteiger partial charge in [-0.1, -0.05) is 0 Å². The molecule has 6 heteroatoms. The van der Waals surface area contributed by atoms with Crippen LogP contribution in [0.2, 0.25) is 0 Å². The molecule has 1 aromatic carbocycles. The van der Waals surface area contributed by atoms with Crippen LogP contribution in [0.4, 0.5) is 4.39 Å². The van der Waals surface area contributed by atoms with Crippen molar-refractivity contribution in [2.75, 3.05) is 0 Å². The number of benzene rings is 1. The summed E-state index contributed by atoms with van der Waals surface area (Å²) < 4.78 is 14.1. The Kier molecular flexibility index (Phi) is 2.44. The number of halogens is 1. The van der Waals surface area contributed by atoms with Crippen LogP contribution >= 0.6 is 12.2 Å². The Labute approximate surface area is 131 Å². The number of hydrogen-bond acceptors (Lipinski definition) is 2. The average Bonchev–Trinajstić information content (AvgIpc) is 2.83. The summed E-state index contributed by atoms with van der Waals surface area (Å²) >= 11 is 5.04. The molecular weight excluding hydrogens is 301 g/mol. The average molecular weight is 317 g/mol. The molecule has 3 N–H and O–H groups in total. The zero-order valence-corrected chi connectivity index (χ0v) is 12.7. The summed E-state index contributed by atoms with van der Waals surface area (Å²) in [6.45, 7) is 0. The molecule has 4 atom stereocenters. The molecule has 5 rings (SSSR count). The molecule has 0 radical (unpaired) electrons. The summed E-state index contributed by atoms with van der Waals surface area (Å²) in [5, 5.41) is 3.13. The Morgan fingerprint density at radius 1 is 1.23 bits per heavy atom. The molecule has 4 nitrogen and oxygen atoms in total. The number of imidazole rings is 1. The second-order valence-corrected chi connectivity index (χ2v) is 7.35. The van der Waals surface area contributed by atoms with Gasteiger partial charge < -0.3 is 15.3 Å². The maximum absolute atomic E-state index is 13.7. The van der Waals surface area contributed by atoms with Gasteiger partial charge in [0.2, 0.25) is 0 Å². The van der Waals surface area contributed by atoms with E-state index in [0.717, 1.165) is 11.8 Å². The van der Waals surface area contributed by atoms with Crippen LogP contribution < -0.4 is 5.32 Å². The Bertz CT molecular complexity index is 841. The molecule has 0 aliphatic heterocycles. The second-order valence-electron chi connectivity index (χ2n) is 6.94. The summed E-state index contributed by atoms with van der Waals surface area (Å²) in [7, 11) is 0. The van der Waals surface area contributed by atoms with Gasteiger partial charge in [-0.2, -0.15) is 0 Å². The molecule has 22 heavy (non-hydrogen) atoms. The molecule has 0 saturated heterocycles. The van der Waals surface area contributed by atoms with Crippen LogP contribution in [0.25, 0.3) is 11.0 Å². The van der Waals surface area contributed by atoms with Gasteiger partial charge in [0.05, 0.1) is 16.6 Å². The lowest BCUT2D eigenvalue weighted by Crippen LogP contribution is -2.30. The van der Waals surface area contributed by atoms with Gasteiger partial charge in [0.15, 0.2) is 4.77 Å². The molecule has 1 heterocycles. The predicted octanol–water partition coefficient (Wildman–Crippen LogP) is 3.14. The molecule has 2 bridgehead atoms. The number of amides is 1. The summed E-state index contributed by atoms with van der Waals surface area (Å²) in [6.07, 6.45) is 3.97. The highest BCUT2D eigenvalue weighted by Crippen LogP contribution is 2.65. The third-order valence-electron chi connectivity index (χ3n) is 5.87. The van der Waals surface area contributed by atoms with Gasteiger partial charge in [-0.3, -0.25) is 4.79 Å². The lowest BCUT2D eigenvalue weighted by atomic mass is 10.0. The van der Waals surface area contributed by atoms with E-state index in [4.69, 9.17) is 12.2 Å². The first-order valence-electron chi connectivity index (χ1n) is 7.84. The second kappa shape index (κ2) is 4.19. The predicted molar refractivity (Wildman–Crippen MR) is 82.5 cm³/mol. The van der Waals surface area contributed by atoms with E-state index >= 15 is 0 Å². The van der Waals surface area contributed by atoms with Crippen LogP contribution in [-0.2, 0) is 0 Å². The third kappa shape index (κ3) is 1.67. The lowest BCUT2D eigenvalue weighted by molar-refractivity contribution is 0.0945. The Morgan fingerprint density at radius 2 is 1.95 bits per heavy atom. The van der Waals surface area contributed by atoms with Crippen LogP contribution in [0.3, 0.4) is 0 Å². The highest BCUT2D eigenvalue weighted by molar-refractivity contribution is 7.71. The topological polar surface area (TPSA) is 60.7 Å². The molecule has 114 valence electrons. The quantitative estimate of drug-likeness (QED) is 0.745. The van der Waals surface area contributed by atoms with Gasteiger partial charge in [-0.05, 0) is 67.3 Å². The van der Waals surface area contributed by atoms with Crippen molar-refractivity contribution < 1.29 is 9.18 Å². The maximum atomic E-state index is 13.7. The van der Waals surface area contributed by atoms with Crippen molar-refractivity contribution in [2.24, 2.45) is 23.7 Å². The zero-order valence-electron chi connectivity index (χ0n) is 11.9. The van der Waals surface area contributed by atoms with E-state index < -0.39 is 5.82 Å². The SMILES string of the molecule is O=C(NC1[C@@H]2[C@H]3CC[C@@H](C3)[C@@H]12)c1cc(F)cc2[nH]c(=S)[nH]c12. The number of carbonyl (C=O) groups is 1. The molecule has 1 amide bonds. The fourth-order valence-corrected chi connectivity index (χ4v) is 5.25. The van der Waals surface area contributed by atoms with Crippen molar-refractivity contribution in [3.63, 3.8) is 0 Å². The Hall–Kier alpha value is -1.69. The number of H-pyrrole nitrogens is 2. The number of rotatable bonds is 2. The first kappa shape index (κ1) is 12.8. The molecule has 3 fully saturated rings. The van der Waals surface area contributed by atoms with Crippen LogP contribution in [0.15, 0.2) is 12.1 Å². The van der Waals surface area contributed by atoms with E-state index in [2.05, 4.69) is 15.3 Å². The van der Waals surface area contributed by atoms with Crippen molar-refractivity contribution in [3.05, 3.63) is 28.3 Å². The summed E-state index contributed by atoms with van der Waals surface area (Å²) in [4.78, 5) is 18.4. The van der Waals surface area contributed by atoms with Crippen LogP contribution in [0, 0.1) is 34.3 Å². The van der Waals surface area contributed by atoms with Crippen molar-refractivity contribution in [1.82, 2.24) is 15.3 Å². The fourth-order valence-electron chi connectivity index (χ4n) is 5.03. The molecule has 3 aliphatic carbocycles. The van der Waals surface area contributed by atoms with E-state index in [-0.39, 0.29) is 5.91 Å². The number of aromatic amines is 2. The fraction of sp³-hybridized carbons (Fsp3) is 0.500. The molecule has 0 unspecified atom stereocenters. The van der Waals surface area contributed by atoms with E-state index in [1.165, 1.54) is 31.4 Å². The lowest BCUT2D eigenvalue weighted by Gasteiger charge is -2.11. The highest BCUT2D eigenvalue weighted by atomic mass is 32.1. The smallest absolute Gasteiger partial charge is 0.253 e. The molecule has 0 spiro atoms. The molecule has 1 aromatic heterocycles. The van der Waals surface area contributed by atoms with Crippen molar-refractivity contribution in [3.8, 4) is 0 Å². The van der Waals surface area contributed by atoms with Gasteiger partial charge >= 0.3 is 0 Å². The first-order chi connectivity index (χ1) is 10.6. The van der Waals surface area contributed by atoms with E-state index in [9.17, 15) is 9.18 Å². The van der Waals surface area contributed by atoms with Crippen LogP contribution in [-0.4, -0.2) is 21.9 Å². The molecule has 3 aliphatic rings. The number of fused-ring (bicyclic) bond motifs is 6. The van der Waals surface area contributed by atoms with E-state index in [1.54, 1.807) is 0 Å². The van der Waals surface area contributed by atoms with Gasteiger partial charge in [-0.15, -0.1) is 0 Å². The van der Waals surface area contributed by atoms with Crippen LogP contribution in [0.5, 0.6) is 0 Å². The van der Waals surface area contributed by atoms with E-state index in [0.29, 0.717) is 39.2 Å². The number of aromatic nitrogens is 2. The van der Waals surface area contributed by atoms with Gasteiger partial charge in [0.1, 0.15) is 5.82 Å². The Morgan fingerprint density at radius 3 is 2.68 bits per heavy atom. The zero-order chi connectivity index (χ0) is 15.0. The molecular formula is C16H16FN3OS. The van der Waals surface area contributed by atoms with Gasteiger partial charge in [0, 0.05) is 6.04 Å². The summed E-state index contributed by atoms with van der Waals surface area (Å²) in [6, 6.07) is 2.92. The third-order valence-corrected chi connectivity index (χ3v) is 6.07. The largest absolute Gasteiger partial charge is 0.349 e. The molecule has 2 aromatic rings. The van der Waals surface area contributed by atoms with Crippen molar-refractivity contribution in [1.29, 1.82) is 0 Å². The Balaban J connectivity index is 1.45. The maximum Gasteiger partial charge on any atom is 0.253 e. The van der Waals surface area contributed by atoms with Crippen molar-refractivity contribution in [2.45, 2.75) is 25.3 Å². The van der Waals surface area contributed by atoms with Crippen LogP contribution in [0.1, 0.15) is 29.6 Å². The van der Waals surface area contributed by atoms with Crippen molar-refractivity contribution >= 4 is 29.2 Å². The number of carbonyl (C=O) groups excluding carboxylic acids is 1. The summed E-state index contributed by atoms with van der Waals surface area (Å²) in [5.74, 6) is 2.29. The van der Waals surface area contributed by atoms with Gasteiger partial charge in [-0.25, -0.2) is 4.39 Å². The normalized spacial score (nSPS) is 34.9. The first-order valence-corrected chi connectivity index (χ1v) is 8.25. The minimum absolute atomic E-state index is 0.200. The van der Waals surface area contributed by atoms with Gasteiger partial charge in [0.25, 0.3) is 5.91 Å². The number of nitrogens with one attached hydrogen (secondary N) is 3. The minimum Gasteiger partial charge on any atom is -0.349 e. The molecule has 3 saturated carbocycles. The summed E-state index contributed by atoms with van der Waals surface area (Å²) in [5.41, 5.74) is 1.45. The monoisotopic (exact) mass is 317 g/mol. The standard InChI is InChI=1S/C16H16FN3OS/c17-8-4-9(13-10(5-8)18-16(22)20-13)15(21)19-14-11-6-1-2-7(3-6)12(11)14/h4-7,11-12,14H,1-3H2,(H,19,21)(H2,18,20,22)/t6-,7-,11+,12+/m0/s1.